The van der Waals surface area contributed by atoms with Crippen molar-refractivity contribution >= 4 is 5.84 Å². The Morgan fingerprint density at radius 3 is 1.89 bits per heavy atom. The van der Waals surface area contributed by atoms with Crippen LogP contribution < -0.4 is 0 Å². The molecule has 52 valence electrons. The Kier molecular flexibility index (Phi) is 2.29. The third kappa shape index (κ3) is 2.20. The molecular weight excluding hydrogens is 135 g/mol. The van der Waals surface area contributed by atoms with E-state index in [1.54, 1.807) is 0 Å². The normalized spacial score (nSPS) is 13.6. The van der Waals surface area contributed by atoms with Gasteiger partial charge in [0.05, 0.1) is 0 Å². The van der Waals surface area contributed by atoms with E-state index in [0.717, 1.165) is 7.05 Å². The molecule has 0 rings (SSSR count). The highest BCUT2D eigenvalue weighted by Crippen LogP contribution is 2.17. The molecule has 0 fully saturated rings. The van der Waals surface area contributed by atoms with Gasteiger partial charge in [-0.2, -0.15) is 13.2 Å². The van der Waals surface area contributed by atoms with Gasteiger partial charge in [-0.3, -0.25) is 4.99 Å². The largest absolute Gasteiger partial charge is 0.453 e. The van der Waals surface area contributed by atoms with Crippen molar-refractivity contribution < 1.29 is 13.2 Å². The van der Waals surface area contributed by atoms with Crippen LogP contribution in [0.3, 0.4) is 0 Å². The highest BCUT2D eigenvalue weighted by molar-refractivity contribution is 5.87. The van der Waals surface area contributed by atoms with E-state index in [1.165, 1.54) is 0 Å². The van der Waals surface area contributed by atoms with Gasteiger partial charge in [-0.15, -0.1) is 5.11 Å². The van der Waals surface area contributed by atoms with Crippen LogP contribution in [0.1, 0.15) is 0 Å². The second-order valence-corrected chi connectivity index (χ2v) is 1.16. The fourth-order valence-corrected chi connectivity index (χ4v) is 0.240. The van der Waals surface area contributed by atoms with E-state index >= 15 is 0 Å². The maximum atomic E-state index is 11.4. The lowest BCUT2D eigenvalue weighted by molar-refractivity contribution is -0.0602. The molecule has 0 aromatic rings. The Balaban J connectivity index is 4.32. The summed E-state index contributed by atoms with van der Waals surface area (Å²) in [5.41, 5.74) is 5.99. The number of aliphatic imine (C=N–C) groups is 1. The fraction of sp³-hybridized carbons (Fsp3) is 0.667. The van der Waals surface area contributed by atoms with Gasteiger partial charge in [0.15, 0.2) is 0 Å². The molecule has 9 heavy (non-hydrogen) atoms. The third-order valence-electron chi connectivity index (χ3n) is 0.571. The van der Waals surface area contributed by atoms with E-state index < -0.39 is 12.0 Å². The summed E-state index contributed by atoms with van der Waals surface area (Å²) in [6, 6.07) is 0. The summed E-state index contributed by atoms with van der Waals surface area (Å²) in [6.45, 7) is 0. The van der Waals surface area contributed by atoms with Crippen molar-refractivity contribution in [3.8, 4) is 0 Å². The van der Waals surface area contributed by atoms with Crippen LogP contribution in [0.5, 0.6) is 0 Å². The van der Waals surface area contributed by atoms with Crippen molar-refractivity contribution in [2.24, 2.45) is 10.1 Å². The molecule has 0 aromatic heterocycles. The van der Waals surface area contributed by atoms with E-state index in [-0.39, 0.29) is 0 Å². The smallest absolute Gasteiger partial charge is 0.264 e. The zero-order valence-electron chi connectivity index (χ0n) is 4.53. The lowest BCUT2D eigenvalue weighted by atomic mass is 10.6. The van der Waals surface area contributed by atoms with Crippen molar-refractivity contribution in [2.45, 2.75) is 6.18 Å². The van der Waals surface area contributed by atoms with Gasteiger partial charge >= 0.3 is 6.18 Å². The Hall–Kier alpha value is -0.940. The van der Waals surface area contributed by atoms with Crippen LogP contribution in [-0.2, 0) is 0 Å². The molecule has 0 saturated carbocycles. The van der Waals surface area contributed by atoms with Crippen molar-refractivity contribution in [3.05, 3.63) is 0 Å². The molecule has 0 radical (unpaired) electrons. The van der Waals surface area contributed by atoms with Gasteiger partial charge in [0.25, 0.3) is 5.84 Å². The second-order valence-electron chi connectivity index (χ2n) is 1.16. The Bertz CT molecular complexity index is 136. The average Bonchev–Trinajstić information content (AvgIpc) is 1.65. The predicted octanol–water partition coefficient (Wildman–Crippen LogP) is 1.61. The van der Waals surface area contributed by atoms with Crippen molar-refractivity contribution in [1.29, 1.82) is 5.53 Å². The van der Waals surface area contributed by atoms with Crippen LogP contribution in [0.15, 0.2) is 10.1 Å². The van der Waals surface area contributed by atoms with E-state index in [4.69, 9.17) is 5.53 Å². The molecule has 0 amide bonds. The molecule has 0 heterocycles. The first-order valence-corrected chi connectivity index (χ1v) is 1.93. The van der Waals surface area contributed by atoms with E-state index in [9.17, 15) is 13.2 Å². The van der Waals surface area contributed by atoms with Crippen LogP contribution in [0, 0.1) is 5.53 Å². The van der Waals surface area contributed by atoms with E-state index in [1.807, 2.05) is 0 Å². The molecule has 0 aromatic carbocycles. The van der Waals surface area contributed by atoms with Gasteiger partial charge in [0.2, 0.25) is 0 Å². The zero-order chi connectivity index (χ0) is 7.49. The highest BCUT2D eigenvalue weighted by atomic mass is 19.4. The zero-order valence-corrected chi connectivity index (χ0v) is 4.53. The molecule has 0 spiro atoms. The molecule has 0 bridgehead atoms. The summed E-state index contributed by atoms with van der Waals surface area (Å²) in [5, 5.41) is 2.15. The average molecular weight is 139 g/mol. The number of hydrogen-bond acceptors (Lipinski definition) is 2. The summed E-state index contributed by atoms with van der Waals surface area (Å²) in [5.74, 6) is -1.41. The number of amidine groups is 1. The topological polar surface area (TPSA) is 48.6 Å². The molecule has 0 aliphatic carbocycles. The predicted molar refractivity (Wildman–Crippen MR) is 24.6 cm³/mol. The van der Waals surface area contributed by atoms with Crippen LogP contribution in [0.4, 0.5) is 13.2 Å². The van der Waals surface area contributed by atoms with Gasteiger partial charge in [-0.25, -0.2) is 5.53 Å². The Labute approximate surface area is 49.1 Å². The van der Waals surface area contributed by atoms with Crippen molar-refractivity contribution in [1.82, 2.24) is 0 Å². The lowest BCUT2D eigenvalue weighted by Crippen LogP contribution is -2.19. The first-order chi connectivity index (χ1) is 4.02. The van der Waals surface area contributed by atoms with Gasteiger partial charge < -0.3 is 0 Å². The van der Waals surface area contributed by atoms with Crippen molar-refractivity contribution in [3.63, 3.8) is 0 Å². The third-order valence-corrected chi connectivity index (χ3v) is 0.571. The monoisotopic (exact) mass is 139 g/mol. The molecule has 0 saturated heterocycles. The van der Waals surface area contributed by atoms with Crippen LogP contribution >= 0.6 is 0 Å². The SMILES string of the molecule is CN=C(N=N)C(F)(F)F. The minimum atomic E-state index is -4.59. The summed E-state index contributed by atoms with van der Waals surface area (Å²) in [7, 11) is 0.931. The Morgan fingerprint density at radius 1 is 1.44 bits per heavy atom. The second kappa shape index (κ2) is 2.56. The molecule has 0 atom stereocenters. The van der Waals surface area contributed by atoms with Crippen LogP contribution in [0.25, 0.3) is 0 Å². The van der Waals surface area contributed by atoms with Crippen molar-refractivity contribution in [2.75, 3.05) is 7.05 Å². The van der Waals surface area contributed by atoms with Gasteiger partial charge in [0, 0.05) is 7.05 Å². The summed E-state index contributed by atoms with van der Waals surface area (Å²) in [6.07, 6.45) is -4.59. The Morgan fingerprint density at radius 2 is 1.89 bits per heavy atom. The number of alkyl halides is 3. The quantitative estimate of drug-likeness (QED) is 0.301. The number of halogens is 3. The molecular formula is C3H4F3N3. The van der Waals surface area contributed by atoms with E-state index in [2.05, 4.69) is 10.1 Å². The van der Waals surface area contributed by atoms with Crippen LogP contribution in [-0.4, -0.2) is 19.1 Å². The van der Waals surface area contributed by atoms with Gasteiger partial charge in [0.1, 0.15) is 0 Å². The first kappa shape index (κ1) is 8.06. The molecule has 0 aliphatic heterocycles. The number of nitrogens with one attached hydrogen (secondary N) is 1. The maximum Gasteiger partial charge on any atom is 0.453 e. The number of nitrogens with zero attached hydrogens (tertiary/aromatic N) is 2. The highest BCUT2D eigenvalue weighted by Gasteiger charge is 2.35. The van der Waals surface area contributed by atoms with Gasteiger partial charge in [-0.1, -0.05) is 0 Å². The minimum absolute atomic E-state index is 0.931. The summed E-state index contributed by atoms with van der Waals surface area (Å²) < 4.78 is 34.1. The molecule has 0 unspecified atom stereocenters. The minimum Gasteiger partial charge on any atom is -0.264 e. The standard InChI is InChI=1S/C3H4F3N3/c1-8-2(9-7)3(4,5)6/h7H,1H3. The van der Waals surface area contributed by atoms with E-state index in [0.29, 0.717) is 0 Å². The number of hydrogen-bond donors (Lipinski definition) is 1. The fourth-order valence-electron chi connectivity index (χ4n) is 0.240. The molecule has 0 aliphatic rings. The summed E-state index contributed by atoms with van der Waals surface area (Å²) >= 11 is 0. The first-order valence-electron chi connectivity index (χ1n) is 1.93. The molecule has 1 N–H and O–H groups in total. The molecule has 3 nitrogen and oxygen atoms in total. The van der Waals surface area contributed by atoms with Gasteiger partial charge in [-0.05, 0) is 0 Å². The molecule has 6 heteroatoms. The number of rotatable bonds is 0. The maximum absolute atomic E-state index is 11.4. The summed E-state index contributed by atoms with van der Waals surface area (Å²) in [4.78, 5) is 2.72. The lowest BCUT2D eigenvalue weighted by Gasteiger charge is -2.00. The van der Waals surface area contributed by atoms with Crippen LogP contribution in [0.2, 0.25) is 0 Å².